The maximum absolute atomic E-state index is 13.3. The number of nitrogens with zero attached hydrogens (tertiary/aromatic N) is 2. The van der Waals surface area contributed by atoms with Gasteiger partial charge in [0.25, 0.3) is 16.4 Å². The number of pyridine rings is 1. The number of para-hydroxylation sites is 1. The third-order valence-corrected chi connectivity index (χ3v) is 7.99. The molecule has 2 aromatic heterocycles. The Morgan fingerprint density at radius 2 is 1.86 bits per heavy atom. The molecule has 0 spiro atoms. The summed E-state index contributed by atoms with van der Waals surface area (Å²) in [6, 6.07) is 17.1. The van der Waals surface area contributed by atoms with Gasteiger partial charge in [-0.3, -0.25) is 9.78 Å². The predicted octanol–water partition coefficient (Wildman–Crippen LogP) is 4.90. The molecule has 0 aliphatic carbocycles. The highest BCUT2D eigenvalue weighted by atomic mass is 32.2. The van der Waals surface area contributed by atoms with Gasteiger partial charge >= 0.3 is 0 Å². The number of carbonyl (C=O) groups is 1. The van der Waals surface area contributed by atoms with Crippen LogP contribution in [0.25, 0.3) is 22.1 Å². The molecular formula is C26H23F2N3O4S. The van der Waals surface area contributed by atoms with E-state index in [1.165, 1.54) is 22.5 Å². The largest absolute Gasteiger partial charge is 0.443 e. The lowest BCUT2D eigenvalue weighted by Gasteiger charge is -2.22. The molecule has 0 bridgehead atoms. The van der Waals surface area contributed by atoms with E-state index in [0.29, 0.717) is 29.5 Å². The second kappa shape index (κ2) is 9.79. The quantitative estimate of drug-likeness (QED) is 0.381. The van der Waals surface area contributed by atoms with Gasteiger partial charge in [0.05, 0.1) is 12.2 Å². The molecule has 1 N–H and O–H groups in total. The van der Waals surface area contributed by atoms with E-state index < -0.39 is 28.4 Å². The van der Waals surface area contributed by atoms with Crippen molar-refractivity contribution in [3.8, 4) is 11.1 Å². The van der Waals surface area contributed by atoms with Crippen molar-refractivity contribution in [2.24, 2.45) is 0 Å². The van der Waals surface area contributed by atoms with Crippen molar-refractivity contribution in [1.82, 2.24) is 14.6 Å². The highest BCUT2D eigenvalue weighted by Crippen LogP contribution is 2.30. The fraction of sp³-hybridized carbons (Fsp3) is 0.231. The molecule has 1 saturated heterocycles. The number of benzene rings is 2. The maximum atomic E-state index is 13.3. The van der Waals surface area contributed by atoms with Crippen LogP contribution >= 0.6 is 0 Å². The molecule has 0 unspecified atom stereocenters. The minimum atomic E-state index is -3.99. The predicted molar refractivity (Wildman–Crippen MR) is 130 cm³/mol. The maximum Gasteiger partial charge on any atom is 0.277 e. The van der Waals surface area contributed by atoms with Crippen LogP contribution in [0.4, 0.5) is 8.78 Å². The van der Waals surface area contributed by atoms with Crippen LogP contribution in [0.15, 0.2) is 82.4 Å². The number of rotatable bonds is 7. The number of amides is 1. The highest BCUT2D eigenvalue weighted by molar-refractivity contribution is 7.89. The van der Waals surface area contributed by atoms with Crippen molar-refractivity contribution in [2.45, 2.75) is 36.9 Å². The van der Waals surface area contributed by atoms with E-state index >= 15 is 0 Å². The van der Waals surface area contributed by atoms with E-state index in [0.717, 1.165) is 11.1 Å². The molecule has 186 valence electrons. The van der Waals surface area contributed by atoms with Gasteiger partial charge in [-0.1, -0.05) is 42.5 Å². The van der Waals surface area contributed by atoms with Crippen molar-refractivity contribution >= 4 is 26.9 Å². The Hall–Kier alpha value is -3.63. The average molecular weight is 512 g/mol. The number of aromatic nitrogens is 1. The number of hydrogen-bond donors (Lipinski definition) is 1. The second-order valence-electron chi connectivity index (χ2n) is 8.55. The molecule has 10 heteroatoms. The zero-order chi connectivity index (χ0) is 25.3. The Bertz CT molecular complexity index is 1470. The molecule has 1 aliphatic rings. The fourth-order valence-electron chi connectivity index (χ4n) is 4.36. The lowest BCUT2D eigenvalue weighted by Crippen LogP contribution is -2.45. The normalized spacial score (nSPS) is 16.6. The number of nitrogens with one attached hydrogen (secondary N) is 1. The lowest BCUT2D eigenvalue weighted by molar-refractivity contribution is -0.124. The topological polar surface area (TPSA) is 92.5 Å². The summed E-state index contributed by atoms with van der Waals surface area (Å²) in [6.07, 6.45) is -0.00553. The number of hydrogen-bond acceptors (Lipinski definition) is 5. The van der Waals surface area contributed by atoms with Crippen molar-refractivity contribution in [3.05, 3.63) is 84.2 Å². The van der Waals surface area contributed by atoms with E-state index in [9.17, 15) is 22.0 Å². The van der Waals surface area contributed by atoms with Gasteiger partial charge in [-0.25, -0.2) is 17.2 Å². The molecule has 36 heavy (non-hydrogen) atoms. The third kappa shape index (κ3) is 4.74. The van der Waals surface area contributed by atoms with Crippen LogP contribution in [0.5, 0.6) is 0 Å². The zero-order valence-electron chi connectivity index (χ0n) is 19.1. The molecular weight excluding hydrogens is 488 g/mol. The van der Waals surface area contributed by atoms with Crippen LogP contribution in [-0.2, 0) is 21.4 Å². The van der Waals surface area contributed by atoms with Crippen LogP contribution in [0.2, 0.25) is 0 Å². The smallest absolute Gasteiger partial charge is 0.277 e. The van der Waals surface area contributed by atoms with Gasteiger partial charge in [0, 0.05) is 29.8 Å². The standard InChI is InChI=1S/C26H23F2N3O4S/c27-25(28)18-9-7-17(8-10-18)19-11-12-29-21(14-19)16-30-26(32)22-5-3-13-31(22)36(33,34)24-15-20-4-1-2-6-23(20)35-24/h1-2,4,6-12,14-15,22,25H,3,5,13,16H2,(H,30,32)/t22-/m0/s1. The average Bonchev–Trinajstić information content (AvgIpc) is 3.56. The first-order chi connectivity index (χ1) is 17.3. The number of halogens is 2. The van der Waals surface area contributed by atoms with E-state index in [4.69, 9.17) is 4.42 Å². The Morgan fingerprint density at radius 3 is 2.61 bits per heavy atom. The van der Waals surface area contributed by atoms with Crippen LogP contribution in [0, 0.1) is 0 Å². The molecule has 5 rings (SSSR count). The summed E-state index contributed by atoms with van der Waals surface area (Å²) in [5.41, 5.74) is 2.48. The second-order valence-corrected chi connectivity index (χ2v) is 10.4. The van der Waals surface area contributed by atoms with Gasteiger partial charge in [0.2, 0.25) is 11.0 Å². The molecule has 7 nitrogen and oxygen atoms in total. The minimum absolute atomic E-state index is 0.0565. The molecule has 3 heterocycles. The van der Waals surface area contributed by atoms with Crippen molar-refractivity contribution in [3.63, 3.8) is 0 Å². The summed E-state index contributed by atoms with van der Waals surface area (Å²) >= 11 is 0. The molecule has 0 saturated carbocycles. The van der Waals surface area contributed by atoms with Crippen molar-refractivity contribution in [2.75, 3.05) is 6.54 Å². The number of carbonyl (C=O) groups excluding carboxylic acids is 1. The highest BCUT2D eigenvalue weighted by Gasteiger charge is 2.41. The number of sulfonamides is 1. The molecule has 2 aromatic carbocycles. The molecule has 0 radical (unpaired) electrons. The van der Waals surface area contributed by atoms with E-state index in [1.54, 1.807) is 54.7 Å². The fourth-order valence-corrected chi connectivity index (χ4v) is 5.97. The summed E-state index contributed by atoms with van der Waals surface area (Å²) in [7, 11) is -3.99. The van der Waals surface area contributed by atoms with Gasteiger partial charge < -0.3 is 9.73 Å². The third-order valence-electron chi connectivity index (χ3n) is 6.23. The van der Waals surface area contributed by atoms with E-state index in [2.05, 4.69) is 10.3 Å². The summed E-state index contributed by atoms with van der Waals surface area (Å²) in [5.74, 6) is -0.416. The first-order valence-electron chi connectivity index (χ1n) is 11.4. The van der Waals surface area contributed by atoms with Crippen LogP contribution in [0.3, 0.4) is 0 Å². The Labute approximate surface area is 206 Å². The molecule has 1 atom stereocenters. The van der Waals surface area contributed by atoms with Crippen molar-refractivity contribution < 1.29 is 26.4 Å². The molecule has 1 fully saturated rings. The molecule has 1 aliphatic heterocycles. The summed E-state index contributed by atoms with van der Waals surface area (Å²) in [5, 5.41) is 3.27. The van der Waals surface area contributed by atoms with Gasteiger partial charge in [0.15, 0.2) is 0 Å². The zero-order valence-corrected chi connectivity index (χ0v) is 19.9. The van der Waals surface area contributed by atoms with Crippen molar-refractivity contribution in [1.29, 1.82) is 0 Å². The monoisotopic (exact) mass is 511 g/mol. The summed E-state index contributed by atoms with van der Waals surface area (Å²) in [6.45, 7) is 0.316. The lowest BCUT2D eigenvalue weighted by atomic mass is 10.0. The Kier molecular flexibility index (Phi) is 6.55. The van der Waals surface area contributed by atoms with Gasteiger partial charge in [-0.2, -0.15) is 4.31 Å². The van der Waals surface area contributed by atoms with E-state index in [-0.39, 0.29) is 23.7 Å². The number of furan rings is 1. The Balaban J connectivity index is 1.28. The van der Waals surface area contributed by atoms with Crippen LogP contribution in [0.1, 0.15) is 30.5 Å². The van der Waals surface area contributed by atoms with Crippen LogP contribution in [-0.4, -0.2) is 36.2 Å². The summed E-state index contributed by atoms with van der Waals surface area (Å²) in [4.78, 5) is 17.3. The van der Waals surface area contributed by atoms with Crippen LogP contribution < -0.4 is 5.32 Å². The van der Waals surface area contributed by atoms with Gasteiger partial charge in [0.1, 0.15) is 11.6 Å². The first kappa shape index (κ1) is 24.1. The molecule has 1 amide bonds. The van der Waals surface area contributed by atoms with Gasteiger partial charge in [-0.15, -0.1) is 0 Å². The summed E-state index contributed by atoms with van der Waals surface area (Å²) < 4.78 is 58.9. The van der Waals surface area contributed by atoms with Gasteiger partial charge in [-0.05, 0) is 42.2 Å². The number of alkyl halides is 2. The number of fused-ring (bicyclic) bond motifs is 1. The minimum Gasteiger partial charge on any atom is -0.443 e. The molecule has 4 aromatic rings. The SMILES string of the molecule is O=C(NCc1cc(-c2ccc(C(F)F)cc2)ccn1)[C@@H]1CCCN1S(=O)(=O)c1cc2ccccc2o1. The first-order valence-corrected chi connectivity index (χ1v) is 12.9. The Morgan fingerprint density at radius 1 is 1.08 bits per heavy atom. The van der Waals surface area contributed by atoms with E-state index in [1.807, 2.05) is 0 Å².